The average molecular weight is 363 g/mol. The first-order valence-electron chi connectivity index (χ1n) is 6.78. The molecule has 6 heteroatoms. The molecule has 114 valence electrons. The maximum Gasteiger partial charge on any atom is 0.340 e. The molecule has 0 aliphatic heterocycles. The number of halogens is 1. The van der Waals surface area contributed by atoms with Crippen molar-refractivity contribution in [2.24, 2.45) is 0 Å². The number of carbonyl (C=O) groups excluding carboxylic acids is 2. The van der Waals surface area contributed by atoms with Gasteiger partial charge in [0.1, 0.15) is 0 Å². The Labute approximate surface area is 136 Å². The third-order valence-corrected chi connectivity index (χ3v) is 3.63. The van der Waals surface area contributed by atoms with Gasteiger partial charge in [0.05, 0.1) is 11.3 Å². The molecule has 1 aromatic heterocycles. The third kappa shape index (κ3) is 4.14. The van der Waals surface area contributed by atoms with E-state index in [0.29, 0.717) is 17.7 Å². The lowest BCUT2D eigenvalue weighted by Gasteiger charge is -2.16. The first-order valence-corrected chi connectivity index (χ1v) is 7.57. The van der Waals surface area contributed by atoms with Crippen molar-refractivity contribution in [2.45, 2.75) is 19.4 Å². The summed E-state index contributed by atoms with van der Waals surface area (Å²) < 4.78 is 6.01. The number of amides is 1. The molecule has 1 amide bonds. The Morgan fingerprint density at radius 1 is 1.27 bits per heavy atom. The van der Waals surface area contributed by atoms with E-state index >= 15 is 0 Å². The summed E-state index contributed by atoms with van der Waals surface area (Å²) in [7, 11) is 0. The van der Waals surface area contributed by atoms with Gasteiger partial charge in [-0.1, -0.05) is 19.1 Å². The van der Waals surface area contributed by atoms with Crippen LogP contribution in [0.1, 0.15) is 23.7 Å². The van der Waals surface area contributed by atoms with Gasteiger partial charge in [-0.25, -0.2) is 4.79 Å². The molecule has 2 aromatic rings. The molecule has 0 saturated heterocycles. The fraction of sp³-hybridized carbons (Fsp3) is 0.188. The predicted molar refractivity (Wildman–Crippen MR) is 86.5 cm³/mol. The van der Waals surface area contributed by atoms with Gasteiger partial charge in [-0.05, 0) is 46.6 Å². The van der Waals surface area contributed by atoms with Crippen LogP contribution in [0, 0.1) is 0 Å². The molecule has 2 rings (SSSR count). The molecular weight excluding hydrogens is 348 g/mol. The molecule has 1 N–H and O–H groups in total. The number of hydrogen-bond donors (Lipinski definition) is 1. The fourth-order valence-electron chi connectivity index (χ4n) is 1.78. The van der Waals surface area contributed by atoms with Crippen LogP contribution in [0.4, 0.5) is 5.69 Å². The fourth-order valence-corrected chi connectivity index (χ4v) is 2.16. The van der Waals surface area contributed by atoms with E-state index in [1.54, 1.807) is 31.3 Å². The Morgan fingerprint density at radius 3 is 2.68 bits per heavy atom. The van der Waals surface area contributed by atoms with Crippen LogP contribution in [-0.4, -0.2) is 23.0 Å². The molecule has 1 heterocycles. The molecule has 0 saturated carbocycles. The van der Waals surface area contributed by atoms with Crippen molar-refractivity contribution in [3.63, 3.8) is 0 Å². The highest BCUT2D eigenvalue weighted by atomic mass is 79.9. The second kappa shape index (κ2) is 7.70. The molecule has 22 heavy (non-hydrogen) atoms. The van der Waals surface area contributed by atoms with Crippen LogP contribution in [0.3, 0.4) is 0 Å². The van der Waals surface area contributed by atoms with Gasteiger partial charge < -0.3 is 10.1 Å². The van der Waals surface area contributed by atoms with Crippen LogP contribution in [0.5, 0.6) is 0 Å². The maximum atomic E-state index is 12.2. The van der Waals surface area contributed by atoms with Gasteiger partial charge in [0, 0.05) is 16.9 Å². The minimum absolute atomic E-state index is 0.314. The molecular formula is C16H15BrN2O3. The molecule has 1 atom stereocenters. The van der Waals surface area contributed by atoms with Crippen LogP contribution in [0.2, 0.25) is 0 Å². The highest BCUT2D eigenvalue weighted by Crippen LogP contribution is 2.21. The van der Waals surface area contributed by atoms with E-state index in [2.05, 4.69) is 26.2 Å². The van der Waals surface area contributed by atoms with Crippen molar-refractivity contribution in [2.75, 3.05) is 5.32 Å². The summed E-state index contributed by atoms with van der Waals surface area (Å²) in [5.41, 5.74) is 0.943. The lowest BCUT2D eigenvalue weighted by atomic mass is 10.2. The molecule has 0 aliphatic rings. The second-order valence-corrected chi connectivity index (χ2v) is 5.37. The monoisotopic (exact) mass is 362 g/mol. The van der Waals surface area contributed by atoms with Gasteiger partial charge in [0.2, 0.25) is 0 Å². The summed E-state index contributed by atoms with van der Waals surface area (Å²) in [5, 5.41) is 2.74. The Bertz CT molecular complexity index is 661. The maximum absolute atomic E-state index is 12.2. The highest BCUT2D eigenvalue weighted by Gasteiger charge is 2.22. The Balaban J connectivity index is 2.03. The van der Waals surface area contributed by atoms with Crippen molar-refractivity contribution in [1.82, 2.24) is 4.98 Å². The first-order chi connectivity index (χ1) is 10.6. The summed E-state index contributed by atoms with van der Waals surface area (Å²) in [6, 6.07) is 10.5. The Hall–Kier alpha value is -2.21. The molecule has 0 spiro atoms. The standard InChI is InChI=1S/C16H15BrN2O3/c1-2-14(22-16(21)11-6-5-9-18-10-11)15(20)19-13-8-4-3-7-12(13)17/h3-10,14H,2H2,1H3,(H,19,20). The van der Waals surface area contributed by atoms with E-state index in [9.17, 15) is 9.59 Å². The summed E-state index contributed by atoms with van der Waals surface area (Å²) in [4.78, 5) is 28.1. The zero-order valence-corrected chi connectivity index (χ0v) is 13.5. The van der Waals surface area contributed by atoms with E-state index in [1.807, 2.05) is 18.2 Å². The molecule has 0 bridgehead atoms. The number of rotatable bonds is 5. The van der Waals surface area contributed by atoms with Crippen LogP contribution in [0.15, 0.2) is 53.3 Å². The number of nitrogens with zero attached hydrogens (tertiary/aromatic N) is 1. The van der Waals surface area contributed by atoms with Crippen molar-refractivity contribution in [1.29, 1.82) is 0 Å². The first kappa shape index (κ1) is 16.2. The van der Waals surface area contributed by atoms with Gasteiger partial charge >= 0.3 is 5.97 Å². The number of esters is 1. The van der Waals surface area contributed by atoms with E-state index < -0.39 is 12.1 Å². The Morgan fingerprint density at radius 2 is 2.05 bits per heavy atom. The number of aromatic nitrogens is 1. The number of hydrogen-bond acceptors (Lipinski definition) is 4. The molecule has 0 radical (unpaired) electrons. The lowest BCUT2D eigenvalue weighted by Crippen LogP contribution is -2.32. The molecule has 0 aliphatic carbocycles. The van der Waals surface area contributed by atoms with Gasteiger partial charge in [-0.15, -0.1) is 0 Å². The van der Waals surface area contributed by atoms with E-state index in [0.717, 1.165) is 4.47 Å². The van der Waals surface area contributed by atoms with Crippen LogP contribution >= 0.6 is 15.9 Å². The van der Waals surface area contributed by atoms with Crippen molar-refractivity contribution in [3.8, 4) is 0 Å². The highest BCUT2D eigenvalue weighted by molar-refractivity contribution is 9.10. The molecule has 1 unspecified atom stereocenters. The van der Waals surface area contributed by atoms with E-state index in [-0.39, 0.29) is 5.91 Å². The second-order valence-electron chi connectivity index (χ2n) is 4.51. The number of benzene rings is 1. The topological polar surface area (TPSA) is 68.3 Å². The Kier molecular flexibility index (Phi) is 5.66. The predicted octanol–water partition coefficient (Wildman–Crippen LogP) is 3.42. The molecule has 5 nitrogen and oxygen atoms in total. The number of nitrogens with one attached hydrogen (secondary N) is 1. The lowest BCUT2D eigenvalue weighted by molar-refractivity contribution is -0.124. The van der Waals surface area contributed by atoms with Crippen LogP contribution < -0.4 is 5.32 Å². The zero-order chi connectivity index (χ0) is 15.9. The van der Waals surface area contributed by atoms with E-state index in [4.69, 9.17) is 4.74 Å². The molecule has 0 fully saturated rings. The van der Waals surface area contributed by atoms with E-state index in [1.165, 1.54) is 6.20 Å². The van der Waals surface area contributed by atoms with Gasteiger partial charge in [-0.2, -0.15) is 0 Å². The smallest absolute Gasteiger partial charge is 0.340 e. The number of carbonyl (C=O) groups is 2. The van der Waals surface area contributed by atoms with Gasteiger partial charge in [0.15, 0.2) is 6.10 Å². The number of pyridine rings is 1. The minimum Gasteiger partial charge on any atom is -0.449 e. The van der Waals surface area contributed by atoms with Crippen LogP contribution in [-0.2, 0) is 9.53 Å². The minimum atomic E-state index is -0.861. The number of ether oxygens (including phenoxy) is 1. The number of anilines is 1. The van der Waals surface area contributed by atoms with Crippen molar-refractivity contribution in [3.05, 3.63) is 58.8 Å². The average Bonchev–Trinajstić information content (AvgIpc) is 2.55. The zero-order valence-electron chi connectivity index (χ0n) is 12.0. The largest absolute Gasteiger partial charge is 0.449 e. The summed E-state index contributed by atoms with van der Waals surface area (Å²) in [6.07, 6.45) is 2.48. The van der Waals surface area contributed by atoms with Crippen molar-refractivity contribution < 1.29 is 14.3 Å². The SMILES string of the molecule is CCC(OC(=O)c1cccnc1)C(=O)Nc1ccccc1Br. The molecule has 1 aromatic carbocycles. The third-order valence-electron chi connectivity index (χ3n) is 2.94. The van der Waals surface area contributed by atoms with Crippen molar-refractivity contribution >= 4 is 33.5 Å². The summed E-state index contributed by atoms with van der Waals surface area (Å²) in [5.74, 6) is -0.936. The van der Waals surface area contributed by atoms with Crippen LogP contribution in [0.25, 0.3) is 0 Å². The summed E-state index contributed by atoms with van der Waals surface area (Å²) in [6.45, 7) is 1.78. The number of para-hydroxylation sites is 1. The van der Waals surface area contributed by atoms with Gasteiger partial charge in [0.25, 0.3) is 5.91 Å². The normalized spacial score (nSPS) is 11.5. The summed E-state index contributed by atoms with van der Waals surface area (Å²) >= 11 is 3.35. The van der Waals surface area contributed by atoms with Gasteiger partial charge in [-0.3, -0.25) is 9.78 Å². The quantitative estimate of drug-likeness (QED) is 0.827.